The zero-order chi connectivity index (χ0) is 23.0. The van der Waals surface area contributed by atoms with Crippen LogP contribution >= 0.6 is 0 Å². The van der Waals surface area contributed by atoms with Gasteiger partial charge in [0.25, 0.3) is 0 Å². The Balaban J connectivity index is 1.78. The summed E-state index contributed by atoms with van der Waals surface area (Å²) in [5.74, 6) is 0. The summed E-state index contributed by atoms with van der Waals surface area (Å²) in [6, 6.07) is -2.82. The molecule has 13 N–H and O–H groups in total. The van der Waals surface area contributed by atoms with Gasteiger partial charge in [-0.15, -0.1) is 0 Å². The highest BCUT2D eigenvalue weighted by Gasteiger charge is 2.52. The first-order valence-corrected chi connectivity index (χ1v) is 10.1. The van der Waals surface area contributed by atoms with Gasteiger partial charge in [0.1, 0.15) is 48.8 Å². The molecule has 3 rings (SSSR count). The molecular weight excluding hydrogens is 422 g/mol. The number of ether oxygens (including phenoxy) is 4. The standard InChI is InChI=1S/C17H33N3O11/c18-4-1-5(19)14(30-16-8(20)12(26)10(24)6(2-21)28-16)15(9(4)23)31-17-13(27)11(25)7(3-22)29-17/h4-17,21-27H,1-3,18-20H2/t4-,5?,6?,7-,8?,9-,10-,11?,12-,13+,14-,15?,16-,17+/m1/s1. The smallest absolute Gasteiger partial charge is 0.187 e. The highest BCUT2D eigenvalue weighted by atomic mass is 16.7. The van der Waals surface area contributed by atoms with E-state index < -0.39 is 98.9 Å². The molecule has 1 saturated carbocycles. The van der Waals surface area contributed by atoms with Crippen LogP contribution in [0, 0.1) is 0 Å². The van der Waals surface area contributed by atoms with Gasteiger partial charge in [0.15, 0.2) is 12.6 Å². The van der Waals surface area contributed by atoms with Crippen molar-refractivity contribution >= 4 is 0 Å². The average Bonchev–Trinajstić information content (AvgIpc) is 3.02. The first-order chi connectivity index (χ1) is 14.6. The maximum absolute atomic E-state index is 10.6. The van der Waals surface area contributed by atoms with Crippen molar-refractivity contribution in [1.82, 2.24) is 0 Å². The fourth-order valence-corrected chi connectivity index (χ4v) is 4.12. The SMILES string of the molecule is NC1C[C@@H](N)[C@@H](O)C(O[C@@H]2O[C@H](CO)C(O)[C@@H]2O)[C@@H]1O[C@H]1OC(CO)[C@@H](O)[C@H](O)C1N. The predicted octanol–water partition coefficient (Wildman–Crippen LogP) is -6.62. The van der Waals surface area contributed by atoms with Crippen molar-refractivity contribution in [3.05, 3.63) is 0 Å². The number of rotatable bonds is 6. The Hall–Kier alpha value is -0.560. The summed E-state index contributed by atoms with van der Waals surface area (Å²) in [5, 5.41) is 69.4. The molecule has 14 heteroatoms. The molecule has 2 heterocycles. The summed E-state index contributed by atoms with van der Waals surface area (Å²) in [6.07, 6.45) is -14.5. The van der Waals surface area contributed by atoms with Gasteiger partial charge in [0, 0.05) is 12.1 Å². The van der Waals surface area contributed by atoms with Crippen molar-refractivity contribution in [3.63, 3.8) is 0 Å². The molecule has 2 saturated heterocycles. The fourth-order valence-electron chi connectivity index (χ4n) is 4.12. The van der Waals surface area contributed by atoms with E-state index in [1.54, 1.807) is 0 Å². The fraction of sp³-hybridized carbons (Fsp3) is 1.00. The topological polar surface area (TPSA) is 257 Å². The third-order valence-electron chi connectivity index (χ3n) is 6.07. The van der Waals surface area contributed by atoms with Crippen LogP contribution in [0.15, 0.2) is 0 Å². The zero-order valence-corrected chi connectivity index (χ0v) is 16.7. The number of hydrogen-bond acceptors (Lipinski definition) is 14. The van der Waals surface area contributed by atoms with Crippen LogP contribution in [0.25, 0.3) is 0 Å². The van der Waals surface area contributed by atoms with Gasteiger partial charge in [-0.3, -0.25) is 0 Å². The van der Waals surface area contributed by atoms with Gasteiger partial charge < -0.3 is 71.9 Å². The molecule has 14 atom stereocenters. The van der Waals surface area contributed by atoms with Crippen molar-refractivity contribution in [2.45, 2.75) is 92.1 Å². The van der Waals surface area contributed by atoms with E-state index in [0.717, 1.165) is 0 Å². The number of aliphatic hydroxyl groups excluding tert-OH is 7. The molecule has 182 valence electrons. The van der Waals surface area contributed by atoms with Crippen LogP contribution in [0.3, 0.4) is 0 Å². The van der Waals surface area contributed by atoms with Gasteiger partial charge in [-0.2, -0.15) is 0 Å². The highest BCUT2D eigenvalue weighted by Crippen LogP contribution is 2.32. The molecule has 0 aromatic carbocycles. The van der Waals surface area contributed by atoms with Crippen molar-refractivity contribution in [1.29, 1.82) is 0 Å². The third kappa shape index (κ3) is 4.87. The maximum atomic E-state index is 10.6. The lowest BCUT2D eigenvalue weighted by atomic mass is 9.84. The van der Waals surface area contributed by atoms with Gasteiger partial charge in [-0.1, -0.05) is 0 Å². The molecule has 0 aromatic rings. The molecule has 0 spiro atoms. The summed E-state index contributed by atoms with van der Waals surface area (Å²) < 4.78 is 22.2. The Morgan fingerprint density at radius 2 is 1.16 bits per heavy atom. The van der Waals surface area contributed by atoms with Crippen molar-refractivity contribution < 1.29 is 54.7 Å². The Bertz CT molecular complexity index is 590. The molecule has 0 radical (unpaired) electrons. The minimum atomic E-state index is -1.52. The molecule has 0 amide bonds. The number of hydrogen-bond donors (Lipinski definition) is 10. The van der Waals surface area contributed by atoms with Crippen LogP contribution in [0.5, 0.6) is 0 Å². The minimum Gasteiger partial charge on any atom is -0.394 e. The molecule has 5 unspecified atom stereocenters. The summed E-state index contributed by atoms with van der Waals surface area (Å²) in [7, 11) is 0. The van der Waals surface area contributed by atoms with Crippen LogP contribution in [0.1, 0.15) is 6.42 Å². The zero-order valence-electron chi connectivity index (χ0n) is 16.7. The Morgan fingerprint density at radius 1 is 0.645 bits per heavy atom. The second-order valence-electron chi connectivity index (χ2n) is 8.25. The molecule has 0 bridgehead atoms. The summed E-state index contributed by atoms with van der Waals surface area (Å²) in [4.78, 5) is 0. The monoisotopic (exact) mass is 455 g/mol. The lowest BCUT2D eigenvalue weighted by molar-refractivity contribution is -0.310. The number of nitrogens with two attached hydrogens (primary N) is 3. The Morgan fingerprint density at radius 3 is 1.74 bits per heavy atom. The summed E-state index contributed by atoms with van der Waals surface area (Å²) >= 11 is 0. The van der Waals surface area contributed by atoms with E-state index in [9.17, 15) is 35.7 Å². The third-order valence-corrected chi connectivity index (χ3v) is 6.07. The molecule has 1 aliphatic carbocycles. The van der Waals surface area contributed by atoms with Crippen LogP contribution in [0.2, 0.25) is 0 Å². The van der Waals surface area contributed by atoms with E-state index in [0.29, 0.717) is 0 Å². The van der Waals surface area contributed by atoms with E-state index in [4.69, 9.17) is 36.1 Å². The first-order valence-electron chi connectivity index (χ1n) is 10.1. The van der Waals surface area contributed by atoms with E-state index in [-0.39, 0.29) is 6.42 Å². The number of aliphatic hydroxyl groups is 7. The van der Waals surface area contributed by atoms with Gasteiger partial charge in [-0.05, 0) is 6.42 Å². The Labute approximate surface area is 178 Å². The van der Waals surface area contributed by atoms with Crippen LogP contribution in [-0.4, -0.2) is 135 Å². The van der Waals surface area contributed by atoms with Crippen LogP contribution in [0.4, 0.5) is 0 Å². The lowest BCUT2D eigenvalue weighted by Crippen LogP contribution is -2.68. The van der Waals surface area contributed by atoms with Gasteiger partial charge in [0.05, 0.1) is 25.4 Å². The molecule has 3 aliphatic rings. The van der Waals surface area contributed by atoms with Gasteiger partial charge in [-0.25, -0.2) is 0 Å². The highest BCUT2D eigenvalue weighted by molar-refractivity contribution is 5.01. The minimum absolute atomic E-state index is 0.123. The van der Waals surface area contributed by atoms with E-state index in [2.05, 4.69) is 0 Å². The van der Waals surface area contributed by atoms with Crippen LogP contribution < -0.4 is 17.2 Å². The summed E-state index contributed by atoms with van der Waals surface area (Å²) in [5.41, 5.74) is 18.0. The quantitative estimate of drug-likeness (QED) is 0.179. The Kier molecular flexibility index (Phi) is 8.21. The average molecular weight is 455 g/mol. The summed E-state index contributed by atoms with van der Waals surface area (Å²) in [6.45, 7) is -1.19. The second kappa shape index (κ2) is 10.1. The predicted molar refractivity (Wildman–Crippen MR) is 99.8 cm³/mol. The molecule has 0 aromatic heterocycles. The molecular formula is C17H33N3O11. The molecule has 31 heavy (non-hydrogen) atoms. The van der Waals surface area contributed by atoms with E-state index >= 15 is 0 Å². The largest absolute Gasteiger partial charge is 0.394 e. The maximum Gasteiger partial charge on any atom is 0.187 e. The van der Waals surface area contributed by atoms with Crippen molar-refractivity contribution in [2.75, 3.05) is 13.2 Å². The van der Waals surface area contributed by atoms with E-state index in [1.165, 1.54) is 0 Å². The molecule has 2 aliphatic heterocycles. The van der Waals surface area contributed by atoms with Crippen molar-refractivity contribution in [2.24, 2.45) is 17.2 Å². The van der Waals surface area contributed by atoms with E-state index in [1.807, 2.05) is 0 Å². The van der Waals surface area contributed by atoms with Gasteiger partial charge >= 0.3 is 0 Å². The normalized spacial score (nSPS) is 53.6. The second-order valence-corrected chi connectivity index (χ2v) is 8.25. The lowest BCUT2D eigenvalue weighted by Gasteiger charge is -2.47. The van der Waals surface area contributed by atoms with Gasteiger partial charge in [0.2, 0.25) is 0 Å². The molecule has 3 fully saturated rings. The van der Waals surface area contributed by atoms with Crippen molar-refractivity contribution in [3.8, 4) is 0 Å². The molecule has 14 nitrogen and oxygen atoms in total. The van der Waals surface area contributed by atoms with Crippen LogP contribution in [-0.2, 0) is 18.9 Å². The first kappa shape index (κ1) is 25.1.